The number of hydrogen-bond acceptors (Lipinski definition) is 8. The summed E-state index contributed by atoms with van der Waals surface area (Å²) in [6.07, 6.45) is 18.3. The van der Waals surface area contributed by atoms with Gasteiger partial charge in [0.1, 0.15) is 17.3 Å². The Morgan fingerprint density at radius 3 is 1.96 bits per heavy atom. The van der Waals surface area contributed by atoms with Gasteiger partial charge in [-0.3, -0.25) is 19.2 Å². The van der Waals surface area contributed by atoms with E-state index < -0.39 is 11.9 Å². The lowest BCUT2D eigenvalue weighted by atomic mass is 9.94. The van der Waals surface area contributed by atoms with Crippen LogP contribution in [-0.4, -0.2) is 62.3 Å². The molecule has 268 valence electrons. The number of aliphatic carboxylic acids is 1. The van der Waals surface area contributed by atoms with Crippen molar-refractivity contribution < 1.29 is 29.0 Å². The zero-order valence-electron chi connectivity index (χ0n) is 29.4. The number of carbonyl (C=O) groups is 4. The quantitative estimate of drug-likeness (QED) is 0.0708. The van der Waals surface area contributed by atoms with Gasteiger partial charge < -0.3 is 15.2 Å². The number of ether oxygens (including phenoxy) is 1. The van der Waals surface area contributed by atoms with Crippen LogP contribution in [0.4, 0.5) is 0 Å². The second kappa shape index (κ2) is 25.4. The number of aromatic nitrogens is 4. The second-order valence-corrected chi connectivity index (χ2v) is 13.1. The van der Waals surface area contributed by atoms with E-state index in [1.807, 2.05) is 31.2 Å². The van der Waals surface area contributed by atoms with Crippen molar-refractivity contribution in [2.24, 2.45) is 11.8 Å². The number of carboxylic acids is 1. The fourth-order valence-corrected chi connectivity index (χ4v) is 5.63. The van der Waals surface area contributed by atoms with Crippen LogP contribution in [0.5, 0.6) is 5.75 Å². The van der Waals surface area contributed by atoms with Crippen LogP contribution in [0.2, 0.25) is 0 Å². The van der Waals surface area contributed by atoms with Gasteiger partial charge >= 0.3 is 5.97 Å². The molecule has 3 N–H and O–H groups in total. The van der Waals surface area contributed by atoms with Crippen LogP contribution in [0.25, 0.3) is 11.4 Å². The van der Waals surface area contributed by atoms with Gasteiger partial charge in [0, 0.05) is 37.3 Å². The number of ketones is 2. The monoisotopic (exact) mass is 669 g/mol. The maximum atomic E-state index is 12.4. The van der Waals surface area contributed by atoms with Crippen LogP contribution in [0, 0.1) is 11.8 Å². The van der Waals surface area contributed by atoms with Gasteiger partial charge in [-0.15, -0.1) is 10.2 Å². The predicted molar refractivity (Wildman–Crippen MR) is 186 cm³/mol. The Kier molecular flexibility index (Phi) is 21.5. The van der Waals surface area contributed by atoms with Crippen molar-refractivity contribution in [2.75, 3.05) is 13.2 Å². The van der Waals surface area contributed by atoms with E-state index in [0.29, 0.717) is 18.8 Å². The van der Waals surface area contributed by atoms with Gasteiger partial charge in [0.15, 0.2) is 0 Å². The fourth-order valence-electron chi connectivity index (χ4n) is 5.63. The molecule has 11 nitrogen and oxygen atoms in total. The van der Waals surface area contributed by atoms with Crippen LogP contribution in [0.1, 0.15) is 142 Å². The number of carbonyl (C=O) groups excluding carboxylic acids is 3. The normalized spacial score (nSPS) is 12.4. The first-order valence-electron chi connectivity index (χ1n) is 18.2. The lowest BCUT2D eigenvalue weighted by Gasteiger charge is -2.12. The van der Waals surface area contributed by atoms with E-state index in [4.69, 9.17) is 4.74 Å². The highest BCUT2D eigenvalue weighted by molar-refractivity contribution is 5.84. The van der Waals surface area contributed by atoms with Gasteiger partial charge in [0.05, 0.1) is 12.5 Å². The second-order valence-electron chi connectivity index (χ2n) is 13.1. The summed E-state index contributed by atoms with van der Waals surface area (Å²) in [7, 11) is 0. The molecule has 0 saturated heterocycles. The van der Waals surface area contributed by atoms with E-state index in [2.05, 4.69) is 25.9 Å². The maximum Gasteiger partial charge on any atom is 0.306 e. The van der Waals surface area contributed by atoms with Gasteiger partial charge in [-0.2, -0.15) is 5.21 Å². The number of amides is 1. The standard InChI is InChI=1S/C37H59N5O6/c1-29(30(2)43)18-15-16-26-38-35(45)25-22-32(37(46)47)28-33(44)19-14-12-10-8-6-4-3-5-7-9-11-13-17-27-48-34-23-20-31(21-24-34)36-39-41-42-40-36/h20-21,23-24,29,32H,3-19,22,25-28H2,1-2H3,(H,38,45)(H,46,47)(H,39,40,41,42)/t29-,32?/m0/s1. The average Bonchev–Trinajstić information content (AvgIpc) is 3.61. The highest BCUT2D eigenvalue weighted by atomic mass is 16.5. The molecule has 2 atom stereocenters. The molecule has 0 aliphatic rings. The van der Waals surface area contributed by atoms with Gasteiger partial charge in [-0.25, -0.2) is 0 Å². The number of benzene rings is 1. The molecule has 0 aliphatic carbocycles. The van der Waals surface area contributed by atoms with Crippen molar-refractivity contribution in [1.29, 1.82) is 0 Å². The van der Waals surface area contributed by atoms with E-state index in [1.54, 1.807) is 6.92 Å². The fraction of sp³-hybridized carbons (Fsp3) is 0.703. The number of rotatable bonds is 30. The van der Waals surface area contributed by atoms with E-state index >= 15 is 0 Å². The van der Waals surface area contributed by atoms with Gasteiger partial charge in [0.2, 0.25) is 11.7 Å². The number of tetrazole rings is 1. The van der Waals surface area contributed by atoms with E-state index in [0.717, 1.165) is 62.9 Å². The molecule has 0 bridgehead atoms. The number of aromatic amines is 1. The number of Topliss-reactive ketones (excluding diaryl/α,β-unsaturated/α-hetero) is 2. The molecular formula is C37H59N5O6. The Bertz CT molecular complexity index is 1170. The first-order chi connectivity index (χ1) is 23.3. The van der Waals surface area contributed by atoms with Crippen molar-refractivity contribution in [1.82, 2.24) is 25.9 Å². The lowest BCUT2D eigenvalue weighted by molar-refractivity contribution is -0.144. The van der Waals surface area contributed by atoms with Crippen LogP contribution in [0.3, 0.4) is 0 Å². The number of nitrogens with zero attached hydrogens (tertiary/aromatic N) is 3. The molecule has 0 fully saturated rings. The maximum absolute atomic E-state index is 12.4. The highest BCUT2D eigenvalue weighted by Crippen LogP contribution is 2.20. The third-order valence-corrected chi connectivity index (χ3v) is 8.95. The van der Waals surface area contributed by atoms with Crippen LogP contribution < -0.4 is 10.1 Å². The summed E-state index contributed by atoms with van der Waals surface area (Å²) in [4.78, 5) is 47.4. The van der Waals surface area contributed by atoms with Crippen molar-refractivity contribution in [2.45, 2.75) is 142 Å². The molecule has 2 rings (SSSR count). The summed E-state index contributed by atoms with van der Waals surface area (Å²) in [6.45, 7) is 4.74. The minimum absolute atomic E-state index is 0.00188. The summed E-state index contributed by atoms with van der Waals surface area (Å²) in [6, 6.07) is 7.74. The van der Waals surface area contributed by atoms with Gasteiger partial charge in [-0.1, -0.05) is 84.0 Å². The number of hydrogen-bond donors (Lipinski definition) is 3. The summed E-state index contributed by atoms with van der Waals surface area (Å²) < 4.78 is 5.84. The third kappa shape index (κ3) is 19.3. The van der Waals surface area contributed by atoms with E-state index in [-0.39, 0.29) is 42.7 Å². The molecule has 0 radical (unpaired) electrons. The molecule has 1 aromatic carbocycles. The molecule has 2 aromatic rings. The van der Waals surface area contributed by atoms with E-state index in [1.165, 1.54) is 57.8 Å². The topological polar surface area (TPSA) is 164 Å². The minimum atomic E-state index is -1.01. The summed E-state index contributed by atoms with van der Waals surface area (Å²) >= 11 is 0. The van der Waals surface area contributed by atoms with E-state index in [9.17, 15) is 24.3 Å². The molecule has 1 unspecified atom stereocenters. The van der Waals surface area contributed by atoms with Crippen molar-refractivity contribution in [3.8, 4) is 17.1 Å². The van der Waals surface area contributed by atoms with Crippen molar-refractivity contribution >= 4 is 23.4 Å². The largest absolute Gasteiger partial charge is 0.494 e. The zero-order valence-corrected chi connectivity index (χ0v) is 29.4. The number of unbranched alkanes of at least 4 members (excludes halogenated alkanes) is 13. The molecule has 48 heavy (non-hydrogen) atoms. The molecule has 1 aromatic heterocycles. The van der Waals surface area contributed by atoms with Gasteiger partial charge in [0.25, 0.3) is 0 Å². The first kappa shape index (κ1) is 40.5. The Labute approximate surface area is 286 Å². The summed E-state index contributed by atoms with van der Waals surface area (Å²) in [5, 5.41) is 26.3. The smallest absolute Gasteiger partial charge is 0.306 e. The lowest BCUT2D eigenvalue weighted by Crippen LogP contribution is -2.26. The average molecular weight is 670 g/mol. The van der Waals surface area contributed by atoms with Crippen LogP contribution in [0.15, 0.2) is 24.3 Å². The molecular weight excluding hydrogens is 610 g/mol. The van der Waals surface area contributed by atoms with Crippen LogP contribution in [-0.2, 0) is 19.2 Å². The predicted octanol–water partition coefficient (Wildman–Crippen LogP) is 7.66. The molecule has 0 aliphatic heterocycles. The minimum Gasteiger partial charge on any atom is -0.494 e. The summed E-state index contributed by atoms with van der Waals surface area (Å²) in [5.41, 5.74) is 0.905. The molecule has 11 heteroatoms. The Balaban J connectivity index is 1.35. The Morgan fingerprint density at radius 1 is 0.792 bits per heavy atom. The first-order valence-corrected chi connectivity index (χ1v) is 18.2. The van der Waals surface area contributed by atoms with Gasteiger partial charge in [-0.05, 0) is 68.5 Å². The molecule has 0 saturated carbocycles. The number of carboxylic acid groups (broad SMARTS) is 1. The highest BCUT2D eigenvalue weighted by Gasteiger charge is 2.22. The molecule has 1 heterocycles. The zero-order chi connectivity index (χ0) is 34.8. The SMILES string of the molecule is CC(=O)[C@@H](C)CCCCNC(=O)CCC(CC(=O)CCCCCCCCCCCCCCCOc1ccc(-c2nn[nH]n2)cc1)C(=O)O. The Morgan fingerprint density at radius 2 is 1.40 bits per heavy atom. The van der Waals surface area contributed by atoms with Crippen molar-refractivity contribution in [3.63, 3.8) is 0 Å². The molecule has 1 amide bonds. The van der Waals surface area contributed by atoms with Crippen molar-refractivity contribution in [3.05, 3.63) is 24.3 Å². The Hall–Kier alpha value is -3.63. The third-order valence-electron chi connectivity index (χ3n) is 8.95. The molecule has 0 spiro atoms. The summed E-state index contributed by atoms with van der Waals surface area (Å²) in [5.74, 6) is -0.389. The number of H-pyrrole nitrogens is 1. The number of nitrogens with one attached hydrogen (secondary N) is 2. The van der Waals surface area contributed by atoms with Crippen LogP contribution >= 0.6 is 0 Å².